The second-order valence-corrected chi connectivity index (χ2v) is 7.00. The molecule has 2 rings (SSSR count). The highest BCUT2D eigenvalue weighted by molar-refractivity contribution is 6.30. The van der Waals surface area contributed by atoms with Gasteiger partial charge in [0.15, 0.2) is 0 Å². The minimum absolute atomic E-state index is 0.141. The van der Waals surface area contributed by atoms with Crippen molar-refractivity contribution in [2.24, 2.45) is 7.05 Å². The Hall–Kier alpha value is -1.07. The van der Waals surface area contributed by atoms with Crippen LogP contribution in [0.15, 0.2) is 0 Å². The van der Waals surface area contributed by atoms with E-state index in [1.807, 2.05) is 34.7 Å². The fourth-order valence-electron chi connectivity index (χ4n) is 2.71. The van der Waals surface area contributed by atoms with Gasteiger partial charge in [0, 0.05) is 19.2 Å². The summed E-state index contributed by atoms with van der Waals surface area (Å²) in [6, 6.07) is -0.181. The molecule has 1 atom stereocenters. The fraction of sp³-hybridized carbons (Fsp3) is 0.733. The Balaban J connectivity index is 2.10. The summed E-state index contributed by atoms with van der Waals surface area (Å²) >= 11 is 6.28. The van der Waals surface area contributed by atoms with Crippen LogP contribution in [0.3, 0.4) is 0 Å². The van der Waals surface area contributed by atoms with Crippen molar-refractivity contribution in [1.82, 2.24) is 14.7 Å². The Morgan fingerprint density at radius 3 is 2.67 bits per heavy atom. The van der Waals surface area contributed by atoms with Crippen LogP contribution in [0, 0.1) is 6.92 Å². The average molecular weight is 314 g/mol. The molecule has 1 aliphatic heterocycles. The van der Waals surface area contributed by atoms with E-state index in [1.54, 1.807) is 4.68 Å². The summed E-state index contributed by atoms with van der Waals surface area (Å²) in [6.45, 7) is 9.15. The number of esters is 1. The van der Waals surface area contributed by atoms with Gasteiger partial charge < -0.3 is 4.74 Å². The predicted octanol–water partition coefficient (Wildman–Crippen LogP) is 2.69. The van der Waals surface area contributed by atoms with Gasteiger partial charge in [0.1, 0.15) is 16.8 Å². The van der Waals surface area contributed by atoms with Gasteiger partial charge in [-0.05, 0) is 47.1 Å². The Morgan fingerprint density at radius 1 is 1.48 bits per heavy atom. The molecule has 0 N–H and O–H groups in total. The van der Waals surface area contributed by atoms with Gasteiger partial charge in [-0.25, -0.2) is 0 Å². The van der Waals surface area contributed by atoms with E-state index in [-0.39, 0.29) is 12.0 Å². The van der Waals surface area contributed by atoms with Gasteiger partial charge >= 0.3 is 5.97 Å². The molecule has 0 bridgehead atoms. The highest BCUT2D eigenvalue weighted by atomic mass is 35.5. The van der Waals surface area contributed by atoms with Gasteiger partial charge in [0.25, 0.3) is 0 Å². The van der Waals surface area contributed by atoms with Crippen LogP contribution < -0.4 is 0 Å². The maximum atomic E-state index is 12.3. The average Bonchev–Trinajstić information content (AvgIpc) is 2.88. The molecule has 1 aromatic heterocycles. The lowest BCUT2D eigenvalue weighted by Crippen LogP contribution is -2.40. The van der Waals surface area contributed by atoms with Crippen LogP contribution in [0.2, 0.25) is 5.15 Å². The lowest BCUT2D eigenvalue weighted by Gasteiger charge is -2.27. The Kier molecular flexibility index (Phi) is 4.63. The van der Waals surface area contributed by atoms with Crippen molar-refractivity contribution >= 4 is 17.6 Å². The van der Waals surface area contributed by atoms with Gasteiger partial charge in [-0.15, -0.1) is 0 Å². The fourth-order valence-corrected chi connectivity index (χ4v) is 2.94. The molecule has 0 aliphatic carbocycles. The van der Waals surface area contributed by atoms with Crippen LogP contribution in [-0.4, -0.2) is 38.8 Å². The summed E-state index contributed by atoms with van der Waals surface area (Å²) in [5.41, 5.74) is 1.46. The second kappa shape index (κ2) is 5.97. The Bertz CT molecular complexity index is 534. The Labute approximate surface area is 131 Å². The molecule has 6 heteroatoms. The zero-order chi connectivity index (χ0) is 15.8. The molecule has 118 valence electrons. The van der Waals surface area contributed by atoms with Crippen molar-refractivity contribution in [2.45, 2.75) is 58.7 Å². The molecule has 1 aliphatic rings. The third-order valence-electron chi connectivity index (χ3n) is 3.67. The molecule has 1 aromatic rings. The van der Waals surface area contributed by atoms with Crippen molar-refractivity contribution in [1.29, 1.82) is 0 Å². The number of aryl methyl sites for hydroxylation is 2. The molecule has 2 heterocycles. The van der Waals surface area contributed by atoms with E-state index in [4.69, 9.17) is 16.3 Å². The summed E-state index contributed by atoms with van der Waals surface area (Å²) in [5.74, 6) is -0.141. The lowest BCUT2D eigenvalue weighted by atomic mass is 10.1. The molecule has 0 unspecified atom stereocenters. The smallest absolute Gasteiger partial charge is 0.323 e. The van der Waals surface area contributed by atoms with Crippen molar-refractivity contribution in [3.8, 4) is 0 Å². The number of ether oxygens (including phenoxy) is 1. The minimum Gasteiger partial charge on any atom is -0.459 e. The van der Waals surface area contributed by atoms with E-state index in [1.165, 1.54) is 0 Å². The van der Waals surface area contributed by atoms with Gasteiger partial charge in [-0.1, -0.05) is 11.6 Å². The monoisotopic (exact) mass is 313 g/mol. The maximum Gasteiger partial charge on any atom is 0.323 e. The van der Waals surface area contributed by atoms with Gasteiger partial charge in [0.05, 0.1) is 5.69 Å². The third kappa shape index (κ3) is 3.77. The summed E-state index contributed by atoms with van der Waals surface area (Å²) in [7, 11) is 1.83. The second-order valence-electron chi connectivity index (χ2n) is 6.64. The molecule has 1 saturated heterocycles. The number of aromatic nitrogens is 2. The molecule has 1 fully saturated rings. The van der Waals surface area contributed by atoms with Crippen molar-refractivity contribution in [3.05, 3.63) is 16.4 Å². The first-order valence-electron chi connectivity index (χ1n) is 7.34. The van der Waals surface area contributed by atoms with Crippen LogP contribution in [0.25, 0.3) is 0 Å². The van der Waals surface area contributed by atoms with Gasteiger partial charge in [0.2, 0.25) is 0 Å². The zero-order valence-corrected chi connectivity index (χ0v) is 14.2. The zero-order valence-electron chi connectivity index (χ0n) is 13.4. The van der Waals surface area contributed by atoms with E-state index in [0.717, 1.165) is 30.6 Å². The molecule has 0 spiro atoms. The SMILES string of the molecule is Cc1nn(C)c(Cl)c1CN1CCC[C@H]1C(=O)OC(C)(C)C. The quantitative estimate of drug-likeness (QED) is 0.805. The molecule has 21 heavy (non-hydrogen) atoms. The summed E-state index contributed by atoms with van der Waals surface area (Å²) in [6.07, 6.45) is 1.84. The number of hydrogen-bond donors (Lipinski definition) is 0. The number of likely N-dealkylation sites (tertiary alicyclic amines) is 1. The molecular weight excluding hydrogens is 290 g/mol. The van der Waals surface area contributed by atoms with E-state index >= 15 is 0 Å². The first kappa shape index (κ1) is 16.3. The highest BCUT2D eigenvalue weighted by Crippen LogP contribution is 2.27. The minimum atomic E-state index is -0.451. The topological polar surface area (TPSA) is 47.4 Å². The summed E-state index contributed by atoms with van der Waals surface area (Å²) in [4.78, 5) is 14.5. The van der Waals surface area contributed by atoms with Crippen molar-refractivity contribution in [2.75, 3.05) is 6.54 Å². The van der Waals surface area contributed by atoms with Crippen LogP contribution in [0.4, 0.5) is 0 Å². The van der Waals surface area contributed by atoms with Gasteiger partial charge in [-0.2, -0.15) is 5.10 Å². The van der Waals surface area contributed by atoms with Crippen molar-refractivity contribution < 1.29 is 9.53 Å². The standard InChI is InChI=1S/C15H24ClN3O2/c1-10-11(13(16)18(5)17-10)9-19-8-6-7-12(19)14(20)21-15(2,3)4/h12H,6-9H2,1-5H3/t12-/m0/s1. The first-order chi connectivity index (χ1) is 9.69. The maximum absolute atomic E-state index is 12.3. The molecular formula is C15H24ClN3O2. The molecule has 0 radical (unpaired) electrons. The highest BCUT2D eigenvalue weighted by Gasteiger charge is 2.34. The lowest BCUT2D eigenvalue weighted by molar-refractivity contribution is -0.160. The third-order valence-corrected chi connectivity index (χ3v) is 4.15. The Morgan fingerprint density at radius 2 is 2.14 bits per heavy atom. The van der Waals surface area contributed by atoms with E-state index in [2.05, 4.69) is 10.00 Å². The summed E-state index contributed by atoms with van der Waals surface area (Å²) in [5, 5.41) is 4.96. The van der Waals surface area contributed by atoms with Crippen LogP contribution >= 0.6 is 11.6 Å². The number of hydrogen-bond acceptors (Lipinski definition) is 4. The van der Waals surface area contributed by atoms with Crippen LogP contribution in [0.1, 0.15) is 44.9 Å². The number of halogens is 1. The van der Waals surface area contributed by atoms with Crippen molar-refractivity contribution in [3.63, 3.8) is 0 Å². The van der Waals surface area contributed by atoms with Gasteiger partial charge in [-0.3, -0.25) is 14.4 Å². The van der Waals surface area contributed by atoms with E-state index < -0.39 is 5.60 Å². The van der Waals surface area contributed by atoms with Crippen LogP contribution in [0.5, 0.6) is 0 Å². The predicted molar refractivity (Wildman–Crippen MR) is 82.2 cm³/mol. The number of carbonyl (C=O) groups is 1. The first-order valence-corrected chi connectivity index (χ1v) is 7.71. The normalized spacial score (nSPS) is 20.0. The molecule has 0 saturated carbocycles. The van der Waals surface area contributed by atoms with E-state index in [0.29, 0.717) is 11.7 Å². The number of nitrogens with zero attached hydrogens (tertiary/aromatic N) is 3. The van der Waals surface area contributed by atoms with Crippen LogP contribution in [-0.2, 0) is 23.1 Å². The number of carbonyl (C=O) groups excluding carboxylic acids is 1. The molecule has 5 nitrogen and oxygen atoms in total. The molecule has 0 amide bonds. The molecule has 0 aromatic carbocycles. The summed E-state index contributed by atoms with van der Waals surface area (Å²) < 4.78 is 7.19. The largest absolute Gasteiger partial charge is 0.459 e. The van der Waals surface area contributed by atoms with E-state index in [9.17, 15) is 4.79 Å². The number of rotatable bonds is 3.